The minimum absolute atomic E-state index is 0.0304. The number of rotatable bonds is 3. The molecule has 0 aliphatic carbocycles. The average Bonchev–Trinajstić information content (AvgIpc) is 3.16. The third kappa shape index (κ3) is 2.95. The first-order chi connectivity index (χ1) is 10.6. The molecule has 0 saturated carbocycles. The maximum absolute atomic E-state index is 12.5. The Labute approximate surface area is 129 Å². The smallest absolute Gasteiger partial charge is 0.318 e. The second-order valence-corrected chi connectivity index (χ2v) is 5.65. The molecule has 1 N–H and O–H groups in total. The third-order valence-electron chi connectivity index (χ3n) is 3.96. The molecule has 0 unspecified atom stereocenters. The molecule has 0 radical (unpaired) electrons. The highest BCUT2D eigenvalue weighted by Crippen LogP contribution is 2.32. The molecule has 1 fully saturated rings. The van der Waals surface area contributed by atoms with Crippen LogP contribution in [0.2, 0.25) is 0 Å². The minimum atomic E-state index is -0.133. The molecular weight excluding hydrogens is 280 g/mol. The average molecular weight is 300 g/mol. The zero-order chi connectivity index (χ0) is 15.5. The summed E-state index contributed by atoms with van der Waals surface area (Å²) in [6.45, 7) is 4.55. The lowest BCUT2D eigenvalue weighted by molar-refractivity contribution is 0.179. The Kier molecular flexibility index (Phi) is 4.09. The first kappa shape index (κ1) is 14.6. The van der Waals surface area contributed by atoms with Gasteiger partial charge < -0.3 is 14.7 Å². The van der Waals surface area contributed by atoms with Crippen LogP contribution in [0.15, 0.2) is 35.0 Å². The van der Waals surface area contributed by atoms with Crippen molar-refractivity contribution in [1.29, 1.82) is 0 Å². The van der Waals surface area contributed by atoms with E-state index in [1.54, 1.807) is 6.20 Å². The van der Waals surface area contributed by atoms with Crippen molar-refractivity contribution in [3.05, 3.63) is 47.6 Å². The molecule has 2 amide bonds. The quantitative estimate of drug-likeness (QED) is 0.946. The van der Waals surface area contributed by atoms with Crippen molar-refractivity contribution >= 4 is 6.03 Å². The fourth-order valence-electron chi connectivity index (χ4n) is 2.82. The molecule has 2 aromatic rings. The van der Waals surface area contributed by atoms with Crippen LogP contribution in [0.1, 0.15) is 49.0 Å². The van der Waals surface area contributed by atoms with E-state index < -0.39 is 0 Å². The number of nitrogens with zero attached hydrogens (tertiary/aromatic N) is 3. The lowest BCUT2D eigenvalue weighted by atomic mass is 10.1. The monoisotopic (exact) mass is 300 g/mol. The van der Waals surface area contributed by atoms with Crippen LogP contribution in [-0.2, 0) is 0 Å². The highest BCUT2D eigenvalue weighted by Gasteiger charge is 2.33. The number of aromatic nitrogens is 2. The zero-order valence-corrected chi connectivity index (χ0v) is 12.8. The van der Waals surface area contributed by atoms with E-state index in [2.05, 4.69) is 15.5 Å². The molecule has 1 saturated heterocycles. The van der Waals surface area contributed by atoms with Crippen LogP contribution >= 0.6 is 0 Å². The second-order valence-electron chi connectivity index (χ2n) is 5.65. The molecule has 0 spiro atoms. The van der Waals surface area contributed by atoms with Gasteiger partial charge in [0.05, 0.1) is 23.5 Å². The number of hydrogen-bond acceptors (Lipinski definition) is 4. The van der Waals surface area contributed by atoms with Gasteiger partial charge in [-0.1, -0.05) is 11.2 Å². The molecule has 2 atom stereocenters. The summed E-state index contributed by atoms with van der Waals surface area (Å²) < 4.78 is 5.33. The Morgan fingerprint density at radius 1 is 1.50 bits per heavy atom. The van der Waals surface area contributed by atoms with E-state index >= 15 is 0 Å². The maximum atomic E-state index is 12.5. The number of amides is 2. The summed E-state index contributed by atoms with van der Waals surface area (Å²) in [5.41, 5.74) is 1.69. The van der Waals surface area contributed by atoms with E-state index in [1.165, 1.54) is 0 Å². The normalized spacial score (nSPS) is 19.2. The standard InChI is InChI=1S/C16H20N4O2/c1-11-10-15(22-19-11)14-7-5-9-20(14)16(21)18-12(2)13-6-3-4-8-17-13/h3-4,6,8,10,12,14H,5,7,9H2,1-2H3,(H,18,21)/t12-,14+/m1/s1. The third-order valence-corrected chi connectivity index (χ3v) is 3.96. The van der Waals surface area contributed by atoms with Gasteiger partial charge in [0.25, 0.3) is 0 Å². The van der Waals surface area contributed by atoms with Gasteiger partial charge in [-0.2, -0.15) is 0 Å². The van der Waals surface area contributed by atoms with Gasteiger partial charge in [0.2, 0.25) is 0 Å². The minimum Gasteiger partial charge on any atom is -0.359 e. The molecule has 6 nitrogen and oxygen atoms in total. The Balaban J connectivity index is 1.69. The number of carbonyl (C=O) groups excluding carboxylic acids is 1. The van der Waals surface area contributed by atoms with Crippen molar-refractivity contribution in [3.8, 4) is 0 Å². The topological polar surface area (TPSA) is 71.3 Å². The summed E-state index contributed by atoms with van der Waals surface area (Å²) in [6.07, 6.45) is 3.60. The lowest BCUT2D eigenvalue weighted by Gasteiger charge is -2.25. The van der Waals surface area contributed by atoms with Crippen LogP contribution in [0, 0.1) is 6.92 Å². The predicted octanol–water partition coefficient (Wildman–Crippen LogP) is 2.99. The second kappa shape index (κ2) is 6.17. The summed E-state index contributed by atoms with van der Waals surface area (Å²) in [5.74, 6) is 0.760. The van der Waals surface area contributed by atoms with Gasteiger partial charge in [-0.05, 0) is 38.8 Å². The first-order valence-electron chi connectivity index (χ1n) is 7.56. The van der Waals surface area contributed by atoms with Crippen LogP contribution in [0.5, 0.6) is 0 Å². The molecule has 22 heavy (non-hydrogen) atoms. The molecule has 1 aliphatic rings. The number of urea groups is 1. The largest absolute Gasteiger partial charge is 0.359 e. The summed E-state index contributed by atoms with van der Waals surface area (Å²) >= 11 is 0. The number of nitrogens with one attached hydrogen (secondary N) is 1. The van der Waals surface area contributed by atoms with E-state index in [-0.39, 0.29) is 18.1 Å². The van der Waals surface area contributed by atoms with Gasteiger partial charge in [-0.3, -0.25) is 4.98 Å². The molecule has 6 heteroatoms. The van der Waals surface area contributed by atoms with E-state index in [0.29, 0.717) is 0 Å². The highest BCUT2D eigenvalue weighted by atomic mass is 16.5. The molecule has 2 aromatic heterocycles. The SMILES string of the molecule is Cc1cc([C@@H]2CCCN2C(=O)N[C@H](C)c2ccccn2)on1. The van der Waals surface area contributed by atoms with Crippen LogP contribution < -0.4 is 5.32 Å². The fraction of sp³-hybridized carbons (Fsp3) is 0.438. The molecule has 1 aliphatic heterocycles. The van der Waals surface area contributed by atoms with Crippen LogP contribution in [0.3, 0.4) is 0 Å². The molecular formula is C16H20N4O2. The number of carbonyl (C=O) groups is 1. The van der Waals surface area contributed by atoms with Crippen LogP contribution in [0.4, 0.5) is 4.79 Å². The Morgan fingerprint density at radius 2 is 2.36 bits per heavy atom. The summed E-state index contributed by atoms with van der Waals surface area (Å²) in [7, 11) is 0. The Morgan fingerprint density at radius 3 is 3.05 bits per heavy atom. The van der Waals surface area contributed by atoms with Gasteiger partial charge in [0.15, 0.2) is 5.76 Å². The Hall–Kier alpha value is -2.37. The number of pyridine rings is 1. The molecule has 3 heterocycles. The van der Waals surface area contributed by atoms with Gasteiger partial charge in [-0.25, -0.2) is 4.79 Å². The van der Waals surface area contributed by atoms with Gasteiger partial charge in [-0.15, -0.1) is 0 Å². The molecule has 0 bridgehead atoms. The van der Waals surface area contributed by atoms with Crippen molar-refractivity contribution in [3.63, 3.8) is 0 Å². The molecule has 116 valence electrons. The number of aryl methyl sites for hydroxylation is 1. The van der Waals surface area contributed by atoms with E-state index in [1.807, 2.05) is 43.0 Å². The number of likely N-dealkylation sites (tertiary alicyclic amines) is 1. The van der Waals surface area contributed by atoms with Crippen molar-refractivity contribution in [1.82, 2.24) is 20.4 Å². The molecule has 0 aromatic carbocycles. The molecule has 3 rings (SSSR count). The maximum Gasteiger partial charge on any atom is 0.318 e. The predicted molar refractivity (Wildman–Crippen MR) is 81.1 cm³/mol. The van der Waals surface area contributed by atoms with Crippen molar-refractivity contribution in [2.75, 3.05) is 6.54 Å². The van der Waals surface area contributed by atoms with Crippen molar-refractivity contribution in [2.24, 2.45) is 0 Å². The van der Waals surface area contributed by atoms with E-state index in [4.69, 9.17) is 4.52 Å². The Bertz CT molecular complexity index is 641. The summed E-state index contributed by atoms with van der Waals surface area (Å²) in [4.78, 5) is 18.6. The lowest BCUT2D eigenvalue weighted by Crippen LogP contribution is -2.40. The number of hydrogen-bond donors (Lipinski definition) is 1. The van der Waals surface area contributed by atoms with E-state index in [0.717, 1.165) is 36.5 Å². The van der Waals surface area contributed by atoms with Gasteiger partial charge >= 0.3 is 6.03 Å². The van der Waals surface area contributed by atoms with Crippen LogP contribution in [-0.4, -0.2) is 27.6 Å². The van der Waals surface area contributed by atoms with Crippen LogP contribution in [0.25, 0.3) is 0 Å². The first-order valence-corrected chi connectivity index (χ1v) is 7.56. The van der Waals surface area contributed by atoms with E-state index in [9.17, 15) is 4.79 Å². The highest BCUT2D eigenvalue weighted by molar-refractivity contribution is 5.75. The fourth-order valence-corrected chi connectivity index (χ4v) is 2.82. The zero-order valence-electron chi connectivity index (χ0n) is 12.8. The van der Waals surface area contributed by atoms with Gasteiger partial charge in [0, 0.05) is 18.8 Å². The van der Waals surface area contributed by atoms with Crippen molar-refractivity contribution < 1.29 is 9.32 Å². The van der Waals surface area contributed by atoms with Crippen molar-refractivity contribution in [2.45, 2.75) is 38.8 Å². The summed E-state index contributed by atoms with van der Waals surface area (Å²) in [6, 6.07) is 7.34. The summed E-state index contributed by atoms with van der Waals surface area (Å²) in [5, 5.41) is 6.93. The van der Waals surface area contributed by atoms with Gasteiger partial charge in [0.1, 0.15) is 0 Å².